The van der Waals surface area contributed by atoms with Crippen LogP contribution >= 0.6 is 0 Å². The van der Waals surface area contributed by atoms with E-state index in [0.717, 1.165) is 22.1 Å². The van der Waals surface area contributed by atoms with Gasteiger partial charge < -0.3 is 5.11 Å². The second-order valence-electron chi connectivity index (χ2n) is 7.14. The number of aryl methyl sites for hydroxylation is 1. The van der Waals surface area contributed by atoms with Crippen LogP contribution in [0.15, 0.2) is 46.9 Å². The Balaban J connectivity index is 2.18. The standard InChI is InChI=1S/C22H24O2/c1-13(2)16-6-8-20(23)19(12-16)22-10-15(5)18-11-17(14(3)4)7-9-21(18)24-22/h6-14H,1-5H3/p+1. The van der Waals surface area contributed by atoms with E-state index in [4.69, 9.17) is 4.42 Å². The molecule has 2 heteroatoms. The van der Waals surface area contributed by atoms with Crippen LogP contribution in [-0.4, -0.2) is 5.11 Å². The lowest BCUT2D eigenvalue weighted by Crippen LogP contribution is -1.91. The van der Waals surface area contributed by atoms with E-state index < -0.39 is 0 Å². The fourth-order valence-electron chi connectivity index (χ4n) is 2.97. The van der Waals surface area contributed by atoms with Crippen molar-refractivity contribution >= 4 is 11.0 Å². The van der Waals surface area contributed by atoms with Crippen LogP contribution in [0, 0.1) is 6.92 Å². The SMILES string of the molecule is Cc1cc(-c2cc(C(C)C)ccc2O)[o+]c2ccc(C(C)C)cc12. The summed E-state index contributed by atoms with van der Waals surface area (Å²) in [6, 6.07) is 14.1. The second kappa shape index (κ2) is 6.27. The molecule has 2 aromatic carbocycles. The van der Waals surface area contributed by atoms with Crippen LogP contribution in [0.4, 0.5) is 0 Å². The van der Waals surface area contributed by atoms with Crippen LogP contribution < -0.4 is 0 Å². The van der Waals surface area contributed by atoms with E-state index >= 15 is 0 Å². The maximum atomic E-state index is 10.3. The molecule has 0 fully saturated rings. The van der Waals surface area contributed by atoms with E-state index in [1.165, 1.54) is 11.1 Å². The van der Waals surface area contributed by atoms with E-state index in [9.17, 15) is 5.11 Å². The molecule has 0 saturated carbocycles. The lowest BCUT2D eigenvalue weighted by molar-refractivity contribution is 0.474. The van der Waals surface area contributed by atoms with Gasteiger partial charge in [-0.3, -0.25) is 0 Å². The molecule has 0 aliphatic rings. The molecule has 0 spiro atoms. The quantitative estimate of drug-likeness (QED) is 0.548. The number of rotatable bonds is 3. The van der Waals surface area contributed by atoms with Crippen LogP contribution in [-0.2, 0) is 0 Å². The molecule has 0 radical (unpaired) electrons. The summed E-state index contributed by atoms with van der Waals surface area (Å²) in [5.41, 5.74) is 5.25. The number of hydrogen-bond donors (Lipinski definition) is 1. The van der Waals surface area contributed by atoms with Crippen molar-refractivity contribution in [3.63, 3.8) is 0 Å². The van der Waals surface area contributed by atoms with E-state index in [1.54, 1.807) is 6.07 Å². The van der Waals surface area contributed by atoms with E-state index in [2.05, 4.69) is 46.8 Å². The van der Waals surface area contributed by atoms with Crippen molar-refractivity contribution in [2.75, 3.05) is 0 Å². The van der Waals surface area contributed by atoms with Crippen LogP contribution in [0.3, 0.4) is 0 Å². The van der Waals surface area contributed by atoms with Gasteiger partial charge >= 0.3 is 11.3 Å². The first kappa shape index (κ1) is 16.5. The number of fused-ring (bicyclic) bond motifs is 1. The first-order valence-corrected chi connectivity index (χ1v) is 8.57. The zero-order valence-electron chi connectivity index (χ0n) is 15.1. The van der Waals surface area contributed by atoms with Crippen molar-refractivity contribution in [3.8, 4) is 17.1 Å². The summed E-state index contributed by atoms with van der Waals surface area (Å²) in [7, 11) is 0. The molecular weight excluding hydrogens is 296 g/mol. The van der Waals surface area contributed by atoms with Crippen molar-refractivity contribution in [1.82, 2.24) is 0 Å². The number of hydrogen-bond acceptors (Lipinski definition) is 1. The molecule has 0 atom stereocenters. The Morgan fingerprint density at radius 1 is 0.833 bits per heavy atom. The fraction of sp³-hybridized carbons (Fsp3) is 0.318. The Hall–Kier alpha value is -2.35. The van der Waals surface area contributed by atoms with Crippen LogP contribution in [0.5, 0.6) is 5.75 Å². The molecule has 0 aliphatic carbocycles. The van der Waals surface area contributed by atoms with Gasteiger partial charge in [0.25, 0.3) is 0 Å². The minimum absolute atomic E-state index is 0.251. The molecule has 0 amide bonds. The van der Waals surface area contributed by atoms with Crippen molar-refractivity contribution in [2.24, 2.45) is 0 Å². The highest BCUT2D eigenvalue weighted by Gasteiger charge is 2.21. The molecular formula is C22H25O2+. The Kier molecular flexibility index (Phi) is 4.31. The summed E-state index contributed by atoms with van der Waals surface area (Å²) in [6.45, 7) is 10.8. The number of benzene rings is 2. The second-order valence-corrected chi connectivity index (χ2v) is 7.14. The molecule has 24 heavy (non-hydrogen) atoms. The highest BCUT2D eigenvalue weighted by molar-refractivity contribution is 5.84. The van der Waals surface area contributed by atoms with Gasteiger partial charge in [-0.25, -0.2) is 4.42 Å². The first-order chi connectivity index (χ1) is 11.4. The molecule has 1 N–H and O–H groups in total. The van der Waals surface area contributed by atoms with Crippen LogP contribution in [0.25, 0.3) is 22.3 Å². The van der Waals surface area contributed by atoms with Gasteiger partial charge in [0.1, 0.15) is 11.3 Å². The van der Waals surface area contributed by atoms with E-state index in [1.807, 2.05) is 24.3 Å². The van der Waals surface area contributed by atoms with E-state index in [-0.39, 0.29) is 5.75 Å². The molecule has 3 aromatic rings. The maximum absolute atomic E-state index is 10.3. The summed E-state index contributed by atoms with van der Waals surface area (Å²) in [4.78, 5) is 0. The van der Waals surface area contributed by atoms with Gasteiger partial charge in [-0.15, -0.1) is 0 Å². The Labute approximate surface area is 143 Å². The lowest BCUT2D eigenvalue weighted by Gasteiger charge is -2.08. The summed E-state index contributed by atoms with van der Waals surface area (Å²) >= 11 is 0. The predicted octanol–water partition coefficient (Wildman–Crippen LogP) is 6.64. The molecule has 0 saturated heterocycles. The molecule has 0 unspecified atom stereocenters. The Morgan fingerprint density at radius 3 is 2.12 bits per heavy atom. The highest BCUT2D eigenvalue weighted by Crippen LogP contribution is 2.35. The highest BCUT2D eigenvalue weighted by atomic mass is 16.3. The monoisotopic (exact) mass is 321 g/mol. The predicted molar refractivity (Wildman–Crippen MR) is 101 cm³/mol. The molecule has 0 bridgehead atoms. The molecule has 124 valence electrons. The minimum Gasteiger partial charge on any atom is -0.507 e. The van der Waals surface area contributed by atoms with Gasteiger partial charge in [0.15, 0.2) is 0 Å². The topological polar surface area (TPSA) is 31.5 Å². The minimum atomic E-state index is 0.251. The molecule has 1 aromatic heterocycles. The molecule has 2 nitrogen and oxygen atoms in total. The third-order valence-electron chi connectivity index (χ3n) is 4.62. The fourth-order valence-corrected chi connectivity index (χ4v) is 2.97. The van der Waals surface area contributed by atoms with Crippen molar-refractivity contribution in [3.05, 3.63) is 59.2 Å². The van der Waals surface area contributed by atoms with Crippen molar-refractivity contribution < 1.29 is 9.52 Å². The average molecular weight is 321 g/mol. The van der Waals surface area contributed by atoms with Gasteiger partial charge in [0.2, 0.25) is 0 Å². The van der Waals surface area contributed by atoms with Gasteiger partial charge in [-0.1, -0.05) is 33.8 Å². The lowest BCUT2D eigenvalue weighted by atomic mass is 9.97. The summed E-state index contributed by atoms with van der Waals surface area (Å²) in [5, 5.41) is 11.4. The van der Waals surface area contributed by atoms with Gasteiger partial charge in [0, 0.05) is 12.1 Å². The van der Waals surface area contributed by atoms with Gasteiger partial charge in [-0.2, -0.15) is 0 Å². The molecule has 1 heterocycles. The molecule has 3 rings (SSSR count). The number of aromatic hydroxyl groups is 1. The van der Waals surface area contributed by atoms with Crippen molar-refractivity contribution in [2.45, 2.75) is 46.5 Å². The van der Waals surface area contributed by atoms with E-state index in [0.29, 0.717) is 17.6 Å². The molecule has 0 aliphatic heterocycles. The van der Waals surface area contributed by atoms with Crippen molar-refractivity contribution in [1.29, 1.82) is 0 Å². The van der Waals surface area contributed by atoms with Crippen LogP contribution in [0.2, 0.25) is 0 Å². The Bertz CT molecular complexity index is 892. The number of phenolic OH excluding ortho intramolecular Hbond substituents is 1. The van der Waals surface area contributed by atoms with Gasteiger partial charge in [0.05, 0.1) is 5.39 Å². The third kappa shape index (κ3) is 3.01. The van der Waals surface area contributed by atoms with Crippen LogP contribution in [0.1, 0.15) is 56.2 Å². The maximum Gasteiger partial charge on any atom is 0.364 e. The Morgan fingerprint density at radius 2 is 1.46 bits per heavy atom. The summed E-state index contributed by atoms with van der Waals surface area (Å²) in [5.74, 6) is 1.85. The average Bonchev–Trinajstić information content (AvgIpc) is 2.54. The first-order valence-electron chi connectivity index (χ1n) is 8.57. The zero-order valence-corrected chi connectivity index (χ0v) is 15.1. The summed E-state index contributed by atoms with van der Waals surface area (Å²) in [6.07, 6.45) is 0. The summed E-state index contributed by atoms with van der Waals surface area (Å²) < 4.78 is 6.12. The van der Waals surface area contributed by atoms with Gasteiger partial charge in [-0.05, 0) is 59.7 Å². The number of phenols is 1. The zero-order chi connectivity index (χ0) is 17.4. The third-order valence-corrected chi connectivity index (χ3v) is 4.62. The smallest absolute Gasteiger partial charge is 0.364 e. The largest absolute Gasteiger partial charge is 0.507 e. The normalized spacial score (nSPS) is 11.6.